The summed E-state index contributed by atoms with van der Waals surface area (Å²) in [5, 5.41) is 0. The summed E-state index contributed by atoms with van der Waals surface area (Å²) in [7, 11) is -1.03. The van der Waals surface area contributed by atoms with Gasteiger partial charge in [-0.25, -0.2) is 0 Å². The Labute approximate surface area is 84.2 Å². The van der Waals surface area contributed by atoms with Crippen molar-refractivity contribution in [2.45, 2.75) is 45.8 Å². The normalized spacial score (nSPS) is 12.6. The van der Waals surface area contributed by atoms with Gasteiger partial charge in [-0.2, -0.15) is 0 Å². The summed E-state index contributed by atoms with van der Waals surface area (Å²) in [6.07, 6.45) is 2.23. The third-order valence-corrected chi connectivity index (χ3v) is 8.17. The maximum absolute atomic E-state index is 5.30. The Morgan fingerprint density at radius 2 is 1.54 bits per heavy atom. The number of ether oxygens (including phenoxy) is 1. The van der Waals surface area contributed by atoms with Crippen molar-refractivity contribution in [3.63, 3.8) is 0 Å². The fraction of sp³-hybridized carbons (Fsp3) is 0.818. The van der Waals surface area contributed by atoms with Crippen molar-refractivity contribution in [1.82, 2.24) is 0 Å². The number of hydrogen-bond acceptors (Lipinski definition) is 1. The minimum Gasteiger partial charge on any atom is -0.378 e. The van der Waals surface area contributed by atoms with Crippen LogP contribution >= 0.6 is 0 Å². The van der Waals surface area contributed by atoms with Crippen LogP contribution in [-0.4, -0.2) is 21.3 Å². The topological polar surface area (TPSA) is 9.23 Å². The minimum absolute atomic E-state index is 0.797. The second-order valence-corrected chi connectivity index (χ2v) is 8.66. The Morgan fingerprint density at radius 1 is 1.00 bits per heavy atom. The van der Waals surface area contributed by atoms with Gasteiger partial charge in [0.1, 0.15) is 0 Å². The van der Waals surface area contributed by atoms with E-state index < -0.39 is 8.07 Å². The van der Waals surface area contributed by atoms with Crippen LogP contribution in [-0.2, 0) is 4.74 Å². The van der Waals surface area contributed by atoms with Crippen LogP contribution in [0.15, 0.2) is 11.8 Å². The molecular formula is C11H24OSi. The van der Waals surface area contributed by atoms with Crippen molar-refractivity contribution in [1.29, 1.82) is 0 Å². The predicted molar refractivity (Wildman–Crippen MR) is 62.8 cm³/mol. The molecule has 0 saturated heterocycles. The third-order valence-electron chi connectivity index (χ3n) is 3.00. The smallest absolute Gasteiger partial charge is 0.0767 e. The highest BCUT2D eigenvalue weighted by molar-refractivity contribution is 6.84. The highest BCUT2D eigenvalue weighted by Crippen LogP contribution is 2.21. The Bertz CT molecular complexity index is 131. The first-order valence-corrected chi connectivity index (χ1v) is 8.20. The van der Waals surface area contributed by atoms with Gasteiger partial charge in [-0.05, 0) is 6.92 Å². The van der Waals surface area contributed by atoms with Crippen LogP contribution in [0.4, 0.5) is 0 Å². The lowest BCUT2D eigenvalue weighted by Gasteiger charge is -2.23. The molecule has 0 heterocycles. The van der Waals surface area contributed by atoms with Crippen LogP contribution in [0, 0.1) is 0 Å². The zero-order chi connectivity index (χ0) is 10.2. The van der Waals surface area contributed by atoms with Crippen molar-refractivity contribution in [2.24, 2.45) is 0 Å². The molecule has 0 saturated carbocycles. The second kappa shape index (κ2) is 7.33. The summed E-state index contributed by atoms with van der Waals surface area (Å²) in [4.78, 5) is 0. The van der Waals surface area contributed by atoms with Crippen molar-refractivity contribution in [2.75, 3.05) is 13.2 Å². The molecule has 0 aliphatic heterocycles. The lowest BCUT2D eigenvalue weighted by atomic mass is 10.7. The summed E-state index contributed by atoms with van der Waals surface area (Å²) < 4.78 is 5.30. The molecule has 0 aliphatic carbocycles. The summed E-state index contributed by atoms with van der Waals surface area (Å²) in [5.74, 6) is 0. The van der Waals surface area contributed by atoms with Crippen LogP contribution in [0.5, 0.6) is 0 Å². The standard InChI is InChI=1S/C11H24OSi/c1-5-12-10-9-11-13(6-2,7-3)8-4/h9,11H,5-8,10H2,1-4H3/b11-9+. The summed E-state index contributed by atoms with van der Waals surface area (Å²) in [6, 6.07) is 4.09. The van der Waals surface area contributed by atoms with E-state index in [1.165, 1.54) is 18.1 Å². The minimum atomic E-state index is -1.03. The van der Waals surface area contributed by atoms with Gasteiger partial charge in [0.05, 0.1) is 14.7 Å². The molecule has 78 valence electrons. The molecule has 13 heavy (non-hydrogen) atoms. The molecule has 0 unspecified atom stereocenters. The molecule has 0 aromatic carbocycles. The molecule has 2 heteroatoms. The molecule has 0 spiro atoms. The highest BCUT2D eigenvalue weighted by Gasteiger charge is 2.22. The number of hydrogen-bond donors (Lipinski definition) is 0. The molecule has 0 bridgehead atoms. The van der Waals surface area contributed by atoms with Gasteiger partial charge in [-0.15, -0.1) is 0 Å². The highest BCUT2D eigenvalue weighted by atomic mass is 28.3. The average Bonchev–Trinajstić information content (AvgIpc) is 2.20. The van der Waals surface area contributed by atoms with Crippen LogP contribution in [0.25, 0.3) is 0 Å². The Balaban J connectivity index is 4.00. The maximum atomic E-state index is 5.30. The van der Waals surface area contributed by atoms with Gasteiger partial charge in [-0.3, -0.25) is 0 Å². The van der Waals surface area contributed by atoms with E-state index in [1.54, 1.807) is 0 Å². The van der Waals surface area contributed by atoms with Crippen molar-refractivity contribution in [3.05, 3.63) is 11.8 Å². The Hall–Kier alpha value is -0.0831. The molecule has 0 rings (SSSR count). The van der Waals surface area contributed by atoms with Crippen LogP contribution in [0.1, 0.15) is 27.7 Å². The molecule has 0 radical (unpaired) electrons. The van der Waals surface area contributed by atoms with Crippen LogP contribution in [0.3, 0.4) is 0 Å². The molecule has 0 fully saturated rings. The van der Waals surface area contributed by atoms with E-state index in [0.717, 1.165) is 13.2 Å². The molecule has 0 N–H and O–H groups in total. The van der Waals surface area contributed by atoms with Crippen molar-refractivity contribution < 1.29 is 4.74 Å². The molecule has 0 atom stereocenters. The van der Waals surface area contributed by atoms with Gasteiger partial charge in [0.2, 0.25) is 0 Å². The van der Waals surface area contributed by atoms with Crippen LogP contribution in [0.2, 0.25) is 18.1 Å². The van der Waals surface area contributed by atoms with E-state index in [2.05, 4.69) is 32.5 Å². The quantitative estimate of drug-likeness (QED) is 0.450. The van der Waals surface area contributed by atoms with E-state index in [-0.39, 0.29) is 0 Å². The monoisotopic (exact) mass is 200 g/mol. The third kappa shape index (κ3) is 4.63. The summed E-state index contributed by atoms with van der Waals surface area (Å²) in [5.41, 5.74) is 2.47. The summed E-state index contributed by atoms with van der Waals surface area (Å²) in [6.45, 7) is 10.6. The molecule has 0 amide bonds. The second-order valence-electron chi connectivity index (χ2n) is 3.48. The van der Waals surface area contributed by atoms with E-state index in [4.69, 9.17) is 4.74 Å². The average molecular weight is 200 g/mol. The van der Waals surface area contributed by atoms with Gasteiger partial charge in [0.15, 0.2) is 0 Å². The van der Waals surface area contributed by atoms with Crippen molar-refractivity contribution in [3.8, 4) is 0 Å². The fourth-order valence-corrected chi connectivity index (χ4v) is 4.39. The summed E-state index contributed by atoms with van der Waals surface area (Å²) >= 11 is 0. The van der Waals surface area contributed by atoms with Gasteiger partial charge in [0.25, 0.3) is 0 Å². The maximum Gasteiger partial charge on any atom is 0.0767 e. The lowest BCUT2D eigenvalue weighted by molar-refractivity contribution is 0.177. The van der Waals surface area contributed by atoms with Crippen molar-refractivity contribution >= 4 is 8.07 Å². The molecule has 0 aromatic rings. The SMILES string of the molecule is CCOC/C=C/[Si](CC)(CC)CC. The predicted octanol–water partition coefficient (Wildman–Crippen LogP) is 3.63. The van der Waals surface area contributed by atoms with Gasteiger partial charge in [-0.1, -0.05) is 50.7 Å². The number of rotatable bonds is 7. The first-order chi connectivity index (χ1) is 6.24. The zero-order valence-electron chi connectivity index (χ0n) is 9.60. The molecule has 1 nitrogen and oxygen atoms in total. The van der Waals surface area contributed by atoms with Gasteiger partial charge >= 0.3 is 0 Å². The molecular weight excluding hydrogens is 176 g/mol. The Morgan fingerprint density at radius 3 is 1.92 bits per heavy atom. The Kier molecular flexibility index (Phi) is 7.29. The van der Waals surface area contributed by atoms with E-state index in [9.17, 15) is 0 Å². The molecule has 0 aromatic heterocycles. The first kappa shape index (κ1) is 12.9. The molecule has 0 aliphatic rings. The van der Waals surface area contributed by atoms with Gasteiger partial charge < -0.3 is 4.74 Å². The lowest BCUT2D eigenvalue weighted by Crippen LogP contribution is -2.28. The first-order valence-electron chi connectivity index (χ1n) is 5.50. The van der Waals surface area contributed by atoms with E-state index >= 15 is 0 Å². The fourth-order valence-electron chi connectivity index (χ4n) is 1.59. The van der Waals surface area contributed by atoms with E-state index in [0.29, 0.717) is 0 Å². The van der Waals surface area contributed by atoms with E-state index in [1.807, 2.05) is 6.92 Å². The zero-order valence-corrected chi connectivity index (χ0v) is 10.6. The van der Waals surface area contributed by atoms with Crippen LogP contribution < -0.4 is 0 Å². The largest absolute Gasteiger partial charge is 0.378 e. The van der Waals surface area contributed by atoms with Gasteiger partial charge in [0, 0.05) is 6.61 Å².